The van der Waals surface area contributed by atoms with Crippen molar-refractivity contribution in [3.05, 3.63) is 36.3 Å². The Morgan fingerprint density at radius 3 is 2.23 bits per heavy atom. The molecule has 1 saturated heterocycles. The number of rotatable bonds is 8. The Morgan fingerprint density at radius 1 is 1.03 bits per heavy atom. The van der Waals surface area contributed by atoms with Crippen molar-refractivity contribution < 1.29 is 28.2 Å². The Kier molecular flexibility index (Phi) is 7.18. The molecule has 0 atom stereocenters. The molecule has 1 fully saturated rings. The monoisotopic (exact) mass is 417 g/mol. The normalized spacial score (nSPS) is 14.3. The Bertz CT molecular complexity index is 835. The summed E-state index contributed by atoms with van der Waals surface area (Å²) in [7, 11) is 4.58. The van der Waals surface area contributed by atoms with Gasteiger partial charge in [0, 0.05) is 57.0 Å². The summed E-state index contributed by atoms with van der Waals surface area (Å²) < 4.78 is 21.1. The number of amides is 2. The van der Waals surface area contributed by atoms with Gasteiger partial charge in [0.2, 0.25) is 11.7 Å². The molecule has 0 spiro atoms. The predicted molar refractivity (Wildman–Crippen MR) is 110 cm³/mol. The standard InChI is InChI=1S/C21H27N3O6/c1-27-17-13-15(14-18(28-2)20(17)29-3)22-19(25)6-7-23-8-10-24(11-9-23)21(26)16-5-4-12-30-16/h4-5,12-14H,6-11H2,1-3H3,(H,22,25). The third-order valence-corrected chi connectivity index (χ3v) is 5.00. The van der Waals surface area contributed by atoms with Gasteiger partial charge < -0.3 is 28.8 Å². The van der Waals surface area contributed by atoms with Gasteiger partial charge in [-0.25, -0.2) is 0 Å². The minimum Gasteiger partial charge on any atom is -0.493 e. The van der Waals surface area contributed by atoms with E-state index in [0.29, 0.717) is 67.8 Å². The molecule has 0 unspecified atom stereocenters. The minimum absolute atomic E-state index is 0.0974. The van der Waals surface area contributed by atoms with E-state index in [1.165, 1.54) is 27.6 Å². The summed E-state index contributed by atoms with van der Waals surface area (Å²) in [5, 5.41) is 2.87. The average Bonchev–Trinajstić information content (AvgIpc) is 3.31. The summed E-state index contributed by atoms with van der Waals surface area (Å²) in [6.07, 6.45) is 1.83. The molecule has 9 nitrogen and oxygen atoms in total. The Labute approximate surface area is 175 Å². The van der Waals surface area contributed by atoms with Crippen LogP contribution in [0.4, 0.5) is 5.69 Å². The van der Waals surface area contributed by atoms with Crippen LogP contribution in [0.1, 0.15) is 17.0 Å². The van der Waals surface area contributed by atoms with Crippen LogP contribution in [-0.4, -0.2) is 75.7 Å². The smallest absolute Gasteiger partial charge is 0.289 e. The molecule has 1 aliphatic heterocycles. The van der Waals surface area contributed by atoms with Crippen molar-refractivity contribution >= 4 is 17.5 Å². The third-order valence-electron chi connectivity index (χ3n) is 5.00. The van der Waals surface area contributed by atoms with Gasteiger partial charge in [0.25, 0.3) is 5.91 Å². The molecule has 0 radical (unpaired) electrons. The molecule has 2 heterocycles. The number of carbonyl (C=O) groups excluding carboxylic acids is 2. The lowest BCUT2D eigenvalue weighted by Crippen LogP contribution is -2.49. The summed E-state index contributed by atoms with van der Waals surface area (Å²) in [6, 6.07) is 6.76. The Balaban J connectivity index is 1.48. The fraction of sp³-hybridized carbons (Fsp3) is 0.429. The fourth-order valence-electron chi connectivity index (χ4n) is 3.37. The number of methoxy groups -OCH3 is 3. The topological polar surface area (TPSA) is 93.5 Å². The summed E-state index contributed by atoms with van der Waals surface area (Å²) in [5.41, 5.74) is 0.573. The van der Waals surface area contributed by atoms with Crippen LogP contribution in [-0.2, 0) is 4.79 Å². The third kappa shape index (κ3) is 5.04. The largest absolute Gasteiger partial charge is 0.493 e. The van der Waals surface area contributed by atoms with E-state index in [1.807, 2.05) is 0 Å². The van der Waals surface area contributed by atoms with Crippen LogP contribution >= 0.6 is 0 Å². The summed E-state index contributed by atoms with van der Waals surface area (Å²) in [5.74, 6) is 1.57. The summed E-state index contributed by atoms with van der Waals surface area (Å²) in [6.45, 7) is 3.24. The molecule has 1 N–H and O–H groups in total. The molecule has 1 aliphatic rings. The molecule has 1 aromatic carbocycles. The maximum atomic E-state index is 12.4. The first kappa shape index (κ1) is 21.5. The molecule has 2 amide bonds. The van der Waals surface area contributed by atoms with Gasteiger partial charge in [-0.15, -0.1) is 0 Å². The second-order valence-electron chi connectivity index (χ2n) is 6.82. The number of benzene rings is 1. The fourth-order valence-corrected chi connectivity index (χ4v) is 3.37. The van der Waals surface area contributed by atoms with E-state index >= 15 is 0 Å². The number of piperazine rings is 1. The van der Waals surface area contributed by atoms with E-state index in [2.05, 4.69) is 10.2 Å². The van der Waals surface area contributed by atoms with Crippen LogP contribution in [0, 0.1) is 0 Å². The first-order valence-corrected chi connectivity index (χ1v) is 9.70. The molecule has 3 rings (SSSR count). The molecule has 0 saturated carbocycles. The van der Waals surface area contributed by atoms with Gasteiger partial charge in [-0.05, 0) is 12.1 Å². The van der Waals surface area contributed by atoms with E-state index in [0.717, 1.165) is 0 Å². The van der Waals surface area contributed by atoms with Crippen molar-refractivity contribution in [1.29, 1.82) is 0 Å². The van der Waals surface area contributed by atoms with Gasteiger partial charge in [-0.1, -0.05) is 0 Å². The highest BCUT2D eigenvalue weighted by atomic mass is 16.5. The van der Waals surface area contributed by atoms with Gasteiger partial charge in [-0.2, -0.15) is 0 Å². The first-order chi connectivity index (χ1) is 14.5. The SMILES string of the molecule is COc1cc(NC(=O)CCN2CCN(C(=O)c3ccco3)CC2)cc(OC)c1OC. The van der Waals surface area contributed by atoms with E-state index in [-0.39, 0.29) is 11.8 Å². The van der Waals surface area contributed by atoms with E-state index in [1.54, 1.807) is 29.2 Å². The van der Waals surface area contributed by atoms with E-state index in [4.69, 9.17) is 18.6 Å². The highest BCUT2D eigenvalue weighted by Crippen LogP contribution is 2.39. The number of nitrogens with zero attached hydrogens (tertiary/aromatic N) is 2. The van der Waals surface area contributed by atoms with Crippen molar-refractivity contribution in [1.82, 2.24) is 9.80 Å². The van der Waals surface area contributed by atoms with Crippen LogP contribution in [0.5, 0.6) is 17.2 Å². The van der Waals surface area contributed by atoms with Gasteiger partial charge in [0.05, 0.1) is 27.6 Å². The highest BCUT2D eigenvalue weighted by Gasteiger charge is 2.24. The Hall–Kier alpha value is -3.20. The maximum Gasteiger partial charge on any atom is 0.289 e. The van der Waals surface area contributed by atoms with E-state index in [9.17, 15) is 9.59 Å². The maximum absolute atomic E-state index is 12.4. The van der Waals surface area contributed by atoms with Gasteiger partial charge >= 0.3 is 0 Å². The molecule has 30 heavy (non-hydrogen) atoms. The lowest BCUT2D eigenvalue weighted by molar-refractivity contribution is -0.116. The summed E-state index contributed by atoms with van der Waals surface area (Å²) in [4.78, 5) is 28.7. The van der Waals surface area contributed by atoms with Gasteiger partial charge in [0.1, 0.15) is 0 Å². The van der Waals surface area contributed by atoms with Crippen molar-refractivity contribution in [2.75, 3.05) is 59.4 Å². The number of hydrogen-bond acceptors (Lipinski definition) is 7. The molecular weight excluding hydrogens is 390 g/mol. The van der Waals surface area contributed by atoms with Crippen LogP contribution < -0.4 is 19.5 Å². The lowest BCUT2D eigenvalue weighted by Gasteiger charge is -2.34. The molecule has 2 aromatic rings. The van der Waals surface area contributed by atoms with Crippen molar-refractivity contribution in [2.45, 2.75) is 6.42 Å². The number of carbonyl (C=O) groups is 2. The van der Waals surface area contributed by atoms with Gasteiger partial charge in [-0.3, -0.25) is 14.5 Å². The second-order valence-corrected chi connectivity index (χ2v) is 6.82. The number of furan rings is 1. The lowest BCUT2D eigenvalue weighted by atomic mass is 10.2. The van der Waals surface area contributed by atoms with Crippen molar-refractivity contribution in [3.8, 4) is 17.2 Å². The molecular formula is C21H27N3O6. The molecule has 0 aliphatic carbocycles. The van der Waals surface area contributed by atoms with E-state index < -0.39 is 0 Å². The zero-order chi connectivity index (χ0) is 21.5. The Morgan fingerprint density at radius 2 is 1.70 bits per heavy atom. The minimum atomic E-state index is -0.113. The molecule has 162 valence electrons. The number of hydrogen-bond donors (Lipinski definition) is 1. The highest BCUT2D eigenvalue weighted by molar-refractivity contribution is 5.92. The number of nitrogens with one attached hydrogen (secondary N) is 1. The van der Waals surface area contributed by atoms with Crippen LogP contribution in [0.3, 0.4) is 0 Å². The number of ether oxygens (including phenoxy) is 3. The van der Waals surface area contributed by atoms with Crippen molar-refractivity contribution in [2.24, 2.45) is 0 Å². The van der Waals surface area contributed by atoms with Gasteiger partial charge in [0.15, 0.2) is 17.3 Å². The summed E-state index contributed by atoms with van der Waals surface area (Å²) >= 11 is 0. The van der Waals surface area contributed by atoms with Crippen LogP contribution in [0.15, 0.2) is 34.9 Å². The number of anilines is 1. The predicted octanol–water partition coefficient (Wildman–Crippen LogP) is 2.09. The van der Waals surface area contributed by atoms with Crippen LogP contribution in [0.25, 0.3) is 0 Å². The molecule has 0 bridgehead atoms. The quantitative estimate of drug-likeness (QED) is 0.703. The second kappa shape index (κ2) is 10.0. The zero-order valence-electron chi connectivity index (χ0n) is 17.5. The zero-order valence-corrected chi connectivity index (χ0v) is 17.5. The first-order valence-electron chi connectivity index (χ1n) is 9.70. The van der Waals surface area contributed by atoms with Crippen LogP contribution in [0.2, 0.25) is 0 Å². The molecule has 1 aromatic heterocycles. The molecule has 9 heteroatoms. The van der Waals surface area contributed by atoms with Crippen molar-refractivity contribution in [3.63, 3.8) is 0 Å². The average molecular weight is 417 g/mol.